The van der Waals surface area contributed by atoms with E-state index in [1.54, 1.807) is 13.2 Å². The largest absolute Gasteiger partial charge is 0.372 e. The number of aliphatic imine (C=N–C) groups is 2. The monoisotopic (exact) mass is 865 g/mol. The molecule has 0 radical (unpaired) electrons. The van der Waals surface area contributed by atoms with Crippen LogP contribution in [0, 0.1) is 29.6 Å². The molecule has 0 spiro atoms. The molecule has 9 rings (SSSR count). The number of morpholine rings is 1. The van der Waals surface area contributed by atoms with E-state index in [-0.39, 0.29) is 54.0 Å². The van der Waals surface area contributed by atoms with Gasteiger partial charge in [-0.3, -0.25) is 33.8 Å². The van der Waals surface area contributed by atoms with Gasteiger partial charge in [-0.05, 0) is 102 Å². The normalized spacial score (nSPS) is 26.2. The molecule has 4 fully saturated rings. The fourth-order valence-electron chi connectivity index (χ4n) is 10.1. The molecule has 4 atom stereocenters. The van der Waals surface area contributed by atoms with E-state index in [0.29, 0.717) is 47.4 Å². The molecule has 3 saturated heterocycles. The second-order valence-corrected chi connectivity index (χ2v) is 17.8. The summed E-state index contributed by atoms with van der Waals surface area (Å²) in [5.74, 6) is 6.74. The number of alkyl halides is 2. The van der Waals surface area contributed by atoms with E-state index < -0.39 is 36.2 Å². The molecule has 332 valence electrons. The lowest BCUT2D eigenvalue weighted by Crippen LogP contribution is -2.45. The van der Waals surface area contributed by atoms with Crippen molar-refractivity contribution in [2.24, 2.45) is 34.8 Å². The number of anilines is 1. The number of nitrogens with zero attached hydrogens (tertiary/aromatic N) is 9. The molecule has 1 aromatic carbocycles. The number of ether oxygens (including phenoxy) is 1. The van der Waals surface area contributed by atoms with Gasteiger partial charge in [0.05, 0.1) is 35.0 Å². The third kappa shape index (κ3) is 8.77. The van der Waals surface area contributed by atoms with Gasteiger partial charge in [-0.15, -0.1) is 0 Å². The van der Waals surface area contributed by atoms with E-state index in [0.717, 1.165) is 70.1 Å². The molecule has 4 aromatic rings. The summed E-state index contributed by atoms with van der Waals surface area (Å²) < 4.78 is 39.0. The minimum Gasteiger partial charge on any atom is -0.372 e. The first-order valence-corrected chi connectivity index (χ1v) is 22.1. The number of piperidine rings is 2. The van der Waals surface area contributed by atoms with Gasteiger partial charge in [-0.2, -0.15) is 5.10 Å². The number of carbonyl (C=O) groups is 3. The van der Waals surface area contributed by atoms with Gasteiger partial charge in [-0.1, -0.05) is 17.9 Å². The van der Waals surface area contributed by atoms with E-state index in [4.69, 9.17) is 9.72 Å². The first-order valence-electron chi connectivity index (χ1n) is 22.1. The van der Waals surface area contributed by atoms with Gasteiger partial charge in [0.15, 0.2) is 11.5 Å². The van der Waals surface area contributed by atoms with Crippen molar-refractivity contribution in [1.82, 2.24) is 39.3 Å². The van der Waals surface area contributed by atoms with Gasteiger partial charge >= 0.3 is 5.69 Å². The average molecular weight is 866 g/mol. The van der Waals surface area contributed by atoms with Crippen molar-refractivity contribution in [2.75, 3.05) is 37.6 Å². The Hall–Kier alpha value is -5.80. The van der Waals surface area contributed by atoms with Crippen LogP contribution in [0.1, 0.15) is 93.6 Å². The zero-order valence-corrected chi connectivity index (χ0v) is 35.8. The number of rotatable bonds is 8. The SMILES string of the molecule is C[C@H]1CN(c2ccn3ncc(C(=O)NC4=NC(C5CCC(CN6CCC(CC#Cc7cccc8c7n(C)c(=O)n8C7CCC(=O)NC7=O)CC6)CC5)N=C4C(F)F)c3n2)C[C@H](C)O1. The molecular formula is C45H53F2N11O5. The van der Waals surface area contributed by atoms with Crippen LogP contribution in [0.25, 0.3) is 16.7 Å². The van der Waals surface area contributed by atoms with Gasteiger partial charge in [-0.25, -0.2) is 28.1 Å². The number of hydrogen-bond acceptors (Lipinski definition) is 11. The predicted molar refractivity (Wildman–Crippen MR) is 232 cm³/mol. The van der Waals surface area contributed by atoms with Crippen molar-refractivity contribution in [2.45, 2.75) is 102 Å². The average Bonchev–Trinajstić information content (AvgIpc) is 3.96. The zero-order chi connectivity index (χ0) is 43.9. The van der Waals surface area contributed by atoms with Crippen LogP contribution in [0.3, 0.4) is 0 Å². The number of carbonyl (C=O) groups excluding carboxylic acids is 3. The van der Waals surface area contributed by atoms with Crippen molar-refractivity contribution >= 4 is 51.8 Å². The summed E-state index contributed by atoms with van der Waals surface area (Å²) in [4.78, 5) is 69.5. The van der Waals surface area contributed by atoms with Crippen LogP contribution in [0.4, 0.5) is 14.6 Å². The summed E-state index contributed by atoms with van der Waals surface area (Å²) in [5.41, 5.74) is 1.71. The summed E-state index contributed by atoms with van der Waals surface area (Å²) in [5, 5.41) is 9.25. The smallest absolute Gasteiger partial charge is 0.329 e. The molecule has 3 amide bonds. The topological polar surface area (TPSA) is 173 Å². The molecule has 7 heterocycles. The minimum atomic E-state index is -2.89. The number of imidazole rings is 1. The molecule has 63 heavy (non-hydrogen) atoms. The summed E-state index contributed by atoms with van der Waals surface area (Å²) in [7, 11) is 1.68. The number of aryl methyl sites for hydroxylation is 1. The maximum Gasteiger partial charge on any atom is 0.329 e. The Balaban J connectivity index is 0.763. The molecule has 1 saturated carbocycles. The standard InChI is InChI=1S/C45H53F2N11O5/c1-26-23-56(24-27(2)63-26)35-18-21-57-42(49-35)32(22-48-57)43(60)53-41-37(39(46)47)51-40(52-41)31-12-10-29(11-13-31)25-55-19-16-28(17-20-55)6-4-7-30-8-5-9-33-38(30)54(3)45(62)58(33)34-14-15-36(59)50-44(34)61/h5,8-9,18,21-22,26-29,31,34,39-40H,6,10-17,19-20,23-25H2,1-3H3,(H,50,59,61)(H,52,53,60)/t26-,27-,29?,31?,34?,40?/m0/s1. The van der Waals surface area contributed by atoms with Crippen molar-refractivity contribution in [3.05, 3.63) is 58.3 Å². The van der Waals surface area contributed by atoms with Crippen molar-refractivity contribution < 1.29 is 27.9 Å². The lowest BCUT2D eigenvalue weighted by Gasteiger charge is -2.36. The number of likely N-dealkylation sites (tertiary alicyclic amines) is 1. The van der Waals surface area contributed by atoms with Gasteiger partial charge in [0.1, 0.15) is 29.3 Å². The highest BCUT2D eigenvalue weighted by Crippen LogP contribution is 2.35. The number of fused-ring (bicyclic) bond motifs is 2. The van der Waals surface area contributed by atoms with Gasteiger partial charge in [0.2, 0.25) is 11.8 Å². The second kappa shape index (κ2) is 17.8. The Morgan fingerprint density at radius 2 is 1.75 bits per heavy atom. The number of nitrogens with one attached hydrogen (secondary N) is 2. The van der Waals surface area contributed by atoms with Crippen LogP contribution in [0.2, 0.25) is 0 Å². The van der Waals surface area contributed by atoms with E-state index in [9.17, 15) is 28.0 Å². The summed E-state index contributed by atoms with van der Waals surface area (Å²) >= 11 is 0. The summed E-state index contributed by atoms with van der Waals surface area (Å²) in [6.07, 6.45) is 6.44. The van der Waals surface area contributed by atoms with Crippen molar-refractivity contribution in [3.63, 3.8) is 0 Å². The zero-order valence-electron chi connectivity index (χ0n) is 35.8. The molecule has 3 aromatic heterocycles. The fourth-order valence-corrected chi connectivity index (χ4v) is 10.1. The van der Waals surface area contributed by atoms with E-state index in [1.807, 2.05) is 38.1 Å². The number of benzene rings is 1. The number of aromatic nitrogens is 5. The van der Waals surface area contributed by atoms with Crippen molar-refractivity contribution in [1.29, 1.82) is 0 Å². The minimum absolute atomic E-state index is 0.0116. The first kappa shape index (κ1) is 42.5. The highest BCUT2D eigenvalue weighted by atomic mass is 19.3. The number of amidine groups is 1. The van der Waals surface area contributed by atoms with Gasteiger partial charge in [0, 0.05) is 51.6 Å². The third-order valence-electron chi connectivity index (χ3n) is 13.3. The molecule has 2 unspecified atom stereocenters. The Kier molecular flexibility index (Phi) is 12.0. The molecule has 5 aliphatic rings. The number of imide groups is 1. The number of amides is 3. The number of halogens is 2. The lowest BCUT2D eigenvalue weighted by atomic mass is 9.80. The Morgan fingerprint density at radius 1 is 0.984 bits per heavy atom. The van der Waals surface area contributed by atoms with Gasteiger partial charge in [0.25, 0.3) is 12.3 Å². The summed E-state index contributed by atoms with van der Waals surface area (Å²) in [6, 6.07) is 6.65. The van der Waals surface area contributed by atoms with E-state index in [2.05, 4.69) is 47.4 Å². The quantitative estimate of drug-likeness (QED) is 0.195. The fraction of sp³-hybridized carbons (Fsp3) is 0.556. The molecule has 1 aliphatic carbocycles. The Bertz CT molecular complexity index is 2600. The van der Waals surface area contributed by atoms with Crippen LogP contribution in [-0.2, 0) is 21.4 Å². The van der Waals surface area contributed by atoms with Crippen LogP contribution in [0.5, 0.6) is 0 Å². The van der Waals surface area contributed by atoms with Crippen LogP contribution in [0.15, 0.2) is 51.4 Å². The van der Waals surface area contributed by atoms with Gasteiger partial charge < -0.3 is 19.9 Å². The maximum absolute atomic E-state index is 14.3. The predicted octanol–water partition coefficient (Wildman–Crippen LogP) is 4.11. The molecule has 2 N–H and O–H groups in total. The summed E-state index contributed by atoms with van der Waals surface area (Å²) in [6.45, 7) is 8.26. The molecular weight excluding hydrogens is 813 g/mol. The first-order chi connectivity index (χ1) is 30.4. The molecule has 16 nitrogen and oxygen atoms in total. The highest BCUT2D eigenvalue weighted by Gasteiger charge is 2.37. The Morgan fingerprint density at radius 3 is 2.48 bits per heavy atom. The maximum atomic E-state index is 14.3. The lowest BCUT2D eigenvalue weighted by molar-refractivity contribution is -0.135. The van der Waals surface area contributed by atoms with Crippen molar-refractivity contribution in [3.8, 4) is 11.8 Å². The number of para-hydroxylation sites is 1. The van der Waals surface area contributed by atoms with Crippen LogP contribution < -0.4 is 21.2 Å². The third-order valence-corrected chi connectivity index (χ3v) is 13.3. The van der Waals surface area contributed by atoms with E-state index in [1.165, 1.54) is 19.8 Å². The highest BCUT2D eigenvalue weighted by molar-refractivity contribution is 6.46. The molecule has 0 bridgehead atoms. The van der Waals surface area contributed by atoms with Crippen LogP contribution >= 0.6 is 0 Å². The van der Waals surface area contributed by atoms with E-state index >= 15 is 0 Å². The van der Waals surface area contributed by atoms with Crippen LogP contribution in [-0.4, -0.2) is 115 Å². The number of hydrogen-bond donors (Lipinski definition) is 2. The molecule has 4 aliphatic heterocycles. The molecule has 18 heteroatoms. The Labute approximate surface area is 363 Å². The second-order valence-electron chi connectivity index (χ2n) is 17.8.